The van der Waals surface area contributed by atoms with Crippen molar-refractivity contribution in [2.45, 2.75) is 26.8 Å². The highest BCUT2D eigenvalue weighted by Gasteiger charge is 2.19. The molecule has 0 saturated heterocycles. The van der Waals surface area contributed by atoms with Crippen molar-refractivity contribution in [3.63, 3.8) is 0 Å². The molecular formula is C27H28BFN2O2. The van der Waals surface area contributed by atoms with Gasteiger partial charge in [-0.3, -0.25) is 4.79 Å². The molecule has 3 aromatic carbocycles. The molecule has 0 saturated carbocycles. The molecule has 168 valence electrons. The first kappa shape index (κ1) is 24.1. The number of ether oxygens (including phenoxy) is 1. The number of aryl methyl sites for hydroxylation is 1. The number of nitrogens with one attached hydrogen (secondary N) is 2. The van der Waals surface area contributed by atoms with Crippen LogP contribution in [-0.4, -0.2) is 27.4 Å². The van der Waals surface area contributed by atoms with Gasteiger partial charge in [0.2, 0.25) is 0 Å². The average Bonchev–Trinajstić information content (AvgIpc) is 2.81. The number of carbonyl (C=O) groups excluding carboxylic acids is 1. The van der Waals surface area contributed by atoms with Crippen LogP contribution in [0.2, 0.25) is 0 Å². The number of amides is 1. The second-order valence-corrected chi connectivity index (χ2v) is 7.80. The van der Waals surface area contributed by atoms with Gasteiger partial charge in [0.1, 0.15) is 19.4 Å². The molecule has 0 bridgehead atoms. The van der Waals surface area contributed by atoms with E-state index in [1.54, 1.807) is 24.3 Å². The van der Waals surface area contributed by atoms with E-state index in [2.05, 4.69) is 22.8 Å². The Kier molecular flexibility index (Phi) is 8.31. The topological polar surface area (TPSA) is 50.4 Å². The second-order valence-electron chi connectivity index (χ2n) is 7.80. The van der Waals surface area contributed by atoms with Gasteiger partial charge < -0.3 is 15.4 Å². The summed E-state index contributed by atoms with van der Waals surface area (Å²) in [6, 6.07) is 20.3. The van der Waals surface area contributed by atoms with Crippen LogP contribution in [0.3, 0.4) is 0 Å². The maximum atomic E-state index is 14.3. The van der Waals surface area contributed by atoms with Gasteiger partial charge in [0.05, 0.1) is 12.7 Å². The first-order valence-electron chi connectivity index (χ1n) is 10.9. The van der Waals surface area contributed by atoms with Crippen LogP contribution in [0.15, 0.2) is 72.4 Å². The molecule has 1 amide bonds. The van der Waals surface area contributed by atoms with E-state index >= 15 is 0 Å². The highest BCUT2D eigenvalue weighted by Crippen LogP contribution is 2.21. The summed E-state index contributed by atoms with van der Waals surface area (Å²) in [5, 5.41) is 6.20. The fourth-order valence-electron chi connectivity index (χ4n) is 3.71. The minimum absolute atomic E-state index is 0.0714. The smallest absolute Gasteiger partial charge is 0.253 e. The van der Waals surface area contributed by atoms with Gasteiger partial charge in [0, 0.05) is 24.4 Å². The first-order valence-corrected chi connectivity index (χ1v) is 10.9. The Bertz CT molecular complexity index is 1130. The molecule has 0 fully saturated rings. The van der Waals surface area contributed by atoms with Gasteiger partial charge in [-0.1, -0.05) is 54.6 Å². The minimum Gasteiger partial charge on any atom is -0.497 e. The second kappa shape index (κ2) is 11.4. The lowest BCUT2D eigenvalue weighted by atomic mass is 9.85. The Balaban J connectivity index is 1.87. The Labute approximate surface area is 196 Å². The molecule has 3 aromatic rings. The molecule has 0 aromatic heterocycles. The normalized spacial score (nSPS) is 11.5. The van der Waals surface area contributed by atoms with Crippen LogP contribution in [0.1, 0.15) is 29.2 Å². The zero-order valence-electron chi connectivity index (χ0n) is 19.2. The van der Waals surface area contributed by atoms with Crippen LogP contribution in [-0.2, 0) is 17.8 Å². The number of halogens is 1. The third-order valence-corrected chi connectivity index (χ3v) is 5.58. The lowest BCUT2D eigenvalue weighted by Crippen LogP contribution is -2.30. The number of hydrogen-bond donors (Lipinski definition) is 2. The number of allylic oxidation sites excluding steroid dienone is 1. The molecule has 0 unspecified atom stereocenters. The van der Waals surface area contributed by atoms with Crippen molar-refractivity contribution in [1.29, 1.82) is 0 Å². The number of hydrogen-bond acceptors (Lipinski definition) is 3. The van der Waals surface area contributed by atoms with E-state index in [9.17, 15) is 9.18 Å². The zero-order valence-corrected chi connectivity index (χ0v) is 19.2. The summed E-state index contributed by atoms with van der Waals surface area (Å²) in [6.07, 6.45) is 0.801. The Hall–Kier alpha value is -3.54. The summed E-state index contributed by atoms with van der Waals surface area (Å²) in [7, 11) is 7.85. The molecule has 6 heteroatoms. The Morgan fingerprint density at radius 3 is 2.42 bits per heavy atom. The number of carbonyl (C=O) groups is 1. The van der Waals surface area contributed by atoms with Gasteiger partial charge in [-0.25, -0.2) is 4.39 Å². The van der Waals surface area contributed by atoms with E-state index in [0.717, 1.165) is 12.0 Å². The third-order valence-electron chi connectivity index (χ3n) is 5.58. The summed E-state index contributed by atoms with van der Waals surface area (Å²) in [4.78, 5) is 13.3. The lowest BCUT2D eigenvalue weighted by Gasteiger charge is -2.18. The SMILES string of the molecule is [B]c1c(OC)cccc1/C(C(=O)NCc1c(C)cccc1F)=C(\C)NCCc1ccccc1. The van der Waals surface area contributed by atoms with Crippen LogP contribution in [0.25, 0.3) is 5.57 Å². The van der Waals surface area contributed by atoms with E-state index in [0.29, 0.717) is 40.2 Å². The largest absolute Gasteiger partial charge is 0.497 e. The summed E-state index contributed by atoms with van der Waals surface area (Å²) in [5.74, 6) is -0.207. The van der Waals surface area contributed by atoms with Crippen molar-refractivity contribution in [1.82, 2.24) is 10.6 Å². The summed E-state index contributed by atoms with van der Waals surface area (Å²) in [5.41, 5.74) is 4.43. The van der Waals surface area contributed by atoms with Gasteiger partial charge in [-0.15, -0.1) is 0 Å². The van der Waals surface area contributed by atoms with Crippen LogP contribution in [0, 0.1) is 12.7 Å². The van der Waals surface area contributed by atoms with Crippen LogP contribution in [0.5, 0.6) is 5.75 Å². The Morgan fingerprint density at radius 1 is 1.00 bits per heavy atom. The molecule has 4 nitrogen and oxygen atoms in total. The van der Waals surface area contributed by atoms with E-state index in [1.165, 1.54) is 18.7 Å². The number of methoxy groups -OCH3 is 1. The fourth-order valence-corrected chi connectivity index (χ4v) is 3.71. The molecule has 0 aliphatic heterocycles. The van der Waals surface area contributed by atoms with Gasteiger partial charge in [-0.2, -0.15) is 0 Å². The van der Waals surface area contributed by atoms with Gasteiger partial charge >= 0.3 is 0 Å². The van der Waals surface area contributed by atoms with Crippen molar-refractivity contribution < 1.29 is 13.9 Å². The molecule has 3 rings (SSSR count). The van der Waals surface area contributed by atoms with E-state index in [1.807, 2.05) is 38.1 Å². The predicted molar refractivity (Wildman–Crippen MR) is 132 cm³/mol. The molecule has 2 N–H and O–H groups in total. The van der Waals surface area contributed by atoms with Crippen LogP contribution >= 0.6 is 0 Å². The fraction of sp³-hybridized carbons (Fsp3) is 0.222. The molecule has 0 aliphatic carbocycles. The first-order chi connectivity index (χ1) is 15.9. The van der Waals surface area contributed by atoms with E-state index < -0.39 is 0 Å². The Morgan fingerprint density at radius 2 is 1.73 bits per heavy atom. The lowest BCUT2D eigenvalue weighted by molar-refractivity contribution is -0.115. The zero-order chi connectivity index (χ0) is 23.8. The predicted octanol–water partition coefficient (Wildman–Crippen LogP) is 3.82. The summed E-state index contributed by atoms with van der Waals surface area (Å²) < 4.78 is 19.6. The third kappa shape index (κ3) is 6.04. The molecule has 0 aliphatic rings. The van der Waals surface area contributed by atoms with E-state index in [4.69, 9.17) is 12.6 Å². The molecule has 0 spiro atoms. The van der Waals surface area contributed by atoms with Crippen molar-refractivity contribution >= 4 is 24.8 Å². The molecule has 0 heterocycles. The van der Waals surface area contributed by atoms with Crippen molar-refractivity contribution in [2.24, 2.45) is 0 Å². The van der Waals surface area contributed by atoms with Gasteiger partial charge in [0.25, 0.3) is 5.91 Å². The monoisotopic (exact) mass is 442 g/mol. The highest BCUT2D eigenvalue weighted by molar-refractivity contribution is 6.39. The molecule has 33 heavy (non-hydrogen) atoms. The number of benzene rings is 3. The summed E-state index contributed by atoms with van der Waals surface area (Å²) in [6.45, 7) is 4.37. The average molecular weight is 442 g/mol. The quantitative estimate of drug-likeness (QED) is 0.392. The minimum atomic E-state index is -0.348. The molecule has 0 atom stereocenters. The summed E-state index contributed by atoms with van der Waals surface area (Å²) >= 11 is 0. The van der Waals surface area contributed by atoms with Crippen molar-refractivity contribution in [3.8, 4) is 5.75 Å². The van der Waals surface area contributed by atoms with Gasteiger partial charge in [-0.05, 0) is 54.6 Å². The van der Waals surface area contributed by atoms with Gasteiger partial charge in [0.15, 0.2) is 0 Å². The molecular weight excluding hydrogens is 414 g/mol. The van der Waals surface area contributed by atoms with Crippen LogP contribution < -0.4 is 20.8 Å². The standard InChI is InChI=1S/C27H28BFN2O2/c1-18-9-7-13-23(29)22(18)17-31-27(32)25(21-12-8-14-24(33-3)26(21)28)19(2)30-16-15-20-10-5-4-6-11-20/h4-14,30H,15-17H2,1-3H3,(H,31,32)/b25-19-. The maximum Gasteiger partial charge on any atom is 0.253 e. The van der Waals surface area contributed by atoms with Crippen molar-refractivity contribution in [2.75, 3.05) is 13.7 Å². The van der Waals surface area contributed by atoms with Crippen molar-refractivity contribution in [3.05, 3.63) is 100 Å². The molecule has 2 radical (unpaired) electrons. The maximum absolute atomic E-state index is 14.3. The van der Waals surface area contributed by atoms with E-state index in [-0.39, 0.29) is 18.3 Å². The van der Waals surface area contributed by atoms with Crippen LogP contribution in [0.4, 0.5) is 4.39 Å². The highest BCUT2D eigenvalue weighted by atomic mass is 19.1. The number of rotatable bonds is 9.